The highest BCUT2D eigenvalue weighted by Crippen LogP contribution is 2.39. The molecule has 1 aliphatic rings. The predicted octanol–water partition coefficient (Wildman–Crippen LogP) is 6.66. The third-order valence-electron chi connectivity index (χ3n) is 6.75. The van der Waals surface area contributed by atoms with Crippen LogP contribution in [-0.2, 0) is 14.3 Å². The molecule has 6 nitrogen and oxygen atoms in total. The van der Waals surface area contributed by atoms with Gasteiger partial charge in [0.2, 0.25) is 6.29 Å². The van der Waals surface area contributed by atoms with Crippen molar-refractivity contribution in [1.82, 2.24) is 4.98 Å². The van der Waals surface area contributed by atoms with E-state index < -0.39 is 6.29 Å². The lowest BCUT2D eigenvalue weighted by Crippen LogP contribution is -2.37. The smallest absolute Gasteiger partial charge is 0.290 e. The van der Waals surface area contributed by atoms with Gasteiger partial charge in [-0.3, -0.25) is 4.79 Å². The van der Waals surface area contributed by atoms with Crippen LogP contribution in [0.2, 0.25) is 0 Å². The van der Waals surface area contributed by atoms with Crippen molar-refractivity contribution in [2.75, 3.05) is 18.5 Å². The van der Waals surface area contributed by atoms with Crippen molar-refractivity contribution in [1.29, 1.82) is 0 Å². The number of carbonyl (C=O) groups excluding carboxylic acids is 1. The van der Waals surface area contributed by atoms with Crippen LogP contribution in [0.1, 0.15) is 36.8 Å². The van der Waals surface area contributed by atoms with Crippen LogP contribution in [0.15, 0.2) is 84.6 Å². The lowest BCUT2D eigenvalue weighted by molar-refractivity contribution is -0.165. The Morgan fingerprint density at radius 3 is 2.63 bits per heavy atom. The second kappa shape index (κ2) is 11.9. The zero-order chi connectivity index (χ0) is 26.5. The van der Waals surface area contributed by atoms with E-state index in [0.29, 0.717) is 18.7 Å². The molecule has 0 fully saturated rings. The molecule has 3 aromatic carbocycles. The molecule has 7 heteroatoms. The summed E-state index contributed by atoms with van der Waals surface area (Å²) < 4.78 is 13.2. The Balaban J connectivity index is 1.36. The Bertz CT molecular complexity index is 1420. The number of thiazole rings is 1. The van der Waals surface area contributed by atoms with Gasteiger partial charge < -0.3 is 19.9 Å². The first-order chi connectivity index (χ1) is 18.6. The van der Waals surface area contributed by atoms with E-state index in [1.807, 2.05) is 61.5 Å². The molecule has 0 bridgehead atoms. The number of rotatable bonds is 9. The SMILES string of the molecule is CCO[C@@H]1OC(C(=O)Nc2ccc(-c3nc4ccc(C)cc4s3)cc2)=C[C@H](c2ccccc2)[C@H]1CCCO. The van der Waals surface area contributed by atoms with E-state index in [1.54, 1.807) is 11.3 Å². The number of ether oxygens (including phenoxy) is 2. The number of nitrogens with one attached hydrogen (secondary N) is 1. The van der Waals surface area contributed by atoms with E-state index in [0.717, 1.165) is 32.8 Å². The first-order valence-corrected chi connectivity index (χ1v) is 13.8. The van der Waals surface area contributed by atoms with Crippen LogP contribution in [0.25, 0.3) is 20.8 Å². The molecule has 1 aliphatic heterocycles. The summed E-state index contributed by atoms with van der Waals surface area (Å²) in [7, 11) is 0. The van der Waals surface area contributed by atoms with Crippen molar-refractivity contribution in [3.63, 3.8) is 0 Å². The van der Waals surface area contributed by atoms with E-state index in [1.165, 1.54) is 5.56 Å². The van der Waals surface area contributed by atoms with Crippen LogP contribution in [0.4, 0.5) is 5.69 Å². The van der Waals surface area contributed by atoms with E-state index in [9.17, 15) is 9.90 Å². The van der Waals surface area contributed by atoms with Gasteiger partial charge in [0.25, 0.3) is 5.91 Å². The molecule has 0 saturated heterocycles. The maximum Gasteiger partial charge on any atom is 0.290 e. The Hall–Kier alpha value is -3.52. The molecule has 4 aromatic rings. The number of aryl methyl sites for hydroxylation is 1. The van der Waals surface area contributed by atoms with E-state index >= 15 is 0 Å². The minimum Gasteiger partial charge on any atom is -0.459 e. The summed E-state index contributed by atoms with van der Waals surface area (Å²) in [5.74, 6) is -0.167. The average molecular weight is 529 g/mol. The van der Waals surface area contributed by atoms with Gasteiger partial charge in [-0.05, 0) is 80.3 Å². The number of anilines is 1. The van der Waals surface area contributed by atoms with Crippen LogP contribution in [-0.4, -0.2) is 35.5 Å². The van der Waals surface area contributed by atoms with Crippen LogP contribution in [0, 0.1) is 12.8 Å². The molecule has 0 unspecified atom stereocenters. The number of carbonyl (C=O) groups is 1. The molecular formula is C31H32N2O4S. The first-order valence-electron chi connectivity index (χ1n) is 13.0. The Kier molecular flexibility index (Phi) is 8.17. The Morgan fingerprint density at radius 2 is 1.89 bits per heavy atom. The van der Waals surface area contributed by atoms with Crippen LogP contribution in [0.3, 0.4) is 0 Å². The summed E-state index contributed by atoms with van der Waals surface area (Å²) in [6.07, 6.45) is 2.67. The zero-order valence-electron chi connectivity index (χ0n) is 21.6. The summed E-state index contributed by atoms with van der Waals surface area (Å²) in [6, 6.07) is 24.0. The number of aliphatic hydroxyl groups is 1. The maximum absolute atomic E-state index is 13.3. The molecule has 0 saturated carbocycles. The predicted molar refractivity (Wildman–Crippen MR) is 152 cm³/mol. The molecular weight excluding hydrogens is 496 g/mol. The molecule has 3 atom stereocenters. The standard InChI is InChI=1S/C31H32N2O4S/c1-3-36-31-24(10-7-17-34)25(21-8-5-4-6-9-21)19-27(37-31)29(35)32-23-14-12-22(13-15-23)30-33-26-16-11-20(2)18-28(26)38-30/h4-6,8-9,11-16,18-19,24-25,31,34H,3,7,10,17H2,1-2H3,(H,32,35)/t24-,25-,31-/m1/s1. The fourth-order valence-corrected chi connectivity index (χ4v) is 5.93. The second-order valence-electron chi connectivity index (χ2n) is 9.46. The molecule has 2 N–H and O–H groups in total. The van der Waals surface area contributed by atoms with Crippen molar-refractivity contribution in [2.45, 2.75) is 38.9 Å². The number of benzene rings is 3. The van der Waals surface area contributed by atoms with Gasteiger partial charge in [0.15, 0.2) is 5.76 Å². The topological polar surface area (TPSA) is 80.7 Å². The summed E-state index contributed by atoms with van der Waals surface area (Å²) >= 11 is 1.66. The number of aromatic nitrogens is 1. The fraction of sp³-hybridized carbons (Fsp3) is 0.290. The third kappa shape index (κ3) is 5.80. The molecule has 196 valence electrons. The molecule has 5 rings (SSSR count). The number of nitrogens with zero attached hydrogens (tertiary/aromatic N) is 1. The van der Waals surface area contributed by atoms with Crippen molar-refractivity contribution < 1.29 is 19.4 Å². The normalized spacial score (nSPS) is 19.1. The van der Waals surface area contributed by atoms with Crippen molar-refractivity contribution >= 4 is 33.1 Å². The monoisotopic (exact) mass is 528 g/mol. The molecule has 38 heavy (non-hydrogen) atoms. The van der Waals surface area contributed by atoms with Crippen molar-refractivity contribution in [2.24, 2.45) is 5.92 Å². The quantitative estimate of drug-likeness (QED) is 0.254. The molecule has 1 amide bonds. The van der Waals surface area contributed by atoms with Gasteiger partial charge in [-0.2, -0.15) is 0 Å². The van der Waals surface area contributed by atoms with Gasteiger partial charge in [0.1, 0.15) is 5.01 Å². The molecule has 1 aromatic heterocycles. The van der Waals surface area contributed by atoms with Crippen LogP contribution < -0.4 is 5.32 Å². The van der Waals surface area contributed by atoms with Crippen LogP contribution >= 0.6 is 11.3 Å². The van der Waals surface area contributed by atoms with E-state index in [-0.39, 0.29) is 30.1 Å². The molecule has 2 heterocycles. The highest BCUT2D eigenvalue weighted by molar-refractivity contribution is 7.21. The van der Waals surface area contributed by atoms with Gasteiger partial charge in [-0.15, -0.1) is 11.3 Å². The first kappa shape index (κ1) is 26.1. The molecule has 0 aliphatic carbocycles. The number of allylic oxidation sites excluding steroid dienone is 1. The van der Waals surface area contributed by atoms with Crippen molar-refractivity contribution in [3.05, 3.63) is 95.8 Å². The average Bonchev–Trinajstić information content (AvgIpc) is 3.36. The minimum atomic E-state index is -0.576. The van der Waals surface area contributed by atoms with Crippen LogP contribution in [0.5, 0.6) is 0 Å². The molecule has 0 radical (unpaired) electrons. The van der Waals surface area contributed by atoms with Crippen molar-refractivity contribution in [3.8, 4) is 10.6 Å². The van der Waals surface area contributed by atoms with E-state index in [2.05, 4.69) is 36.5 Å². The number of aliphatic hydroxyl groups excluding tert-OH is 1. The maximum atomic E-state index is 13.3. The van der Waals surface area contributed by atoms with Gasteiger partial charge >= 0.3 is 0 Å². The zero-order valence-corrected chi connectivity index (χ0v) is 22.4. The lowest BCUT2D eigenvalue weighted by Gasteiger charge is -2.37. The molecule has 0 spiro atoms. The Labute approximate surface area is 227 Å². The second-order valence-corrected chi connectivity index (χ2v) is 10.5. The summed E-state index contributed by atoms with van der Waals surface area (Å²) in [5.41, 5.74) is 4.97. The van der Waals surface area contributed by atoms with Gasteiger partial charge in [-0.25, -0.2) is 4.98 Å². The largest absolute Gasteiger partial charge is 0.459 e. The summed E-state index contributed by atoms with van der Waals surface area (Å²) in [6.45, 7) is 4.55. The Morgan fingerprint density at radius 1 is 1.11 bits per heavy atom. The van der Waals surface area contributed by atoms with Gasteiger partial charge in [0.05, 0.1) is 10.2 Å². The van der Waals surface area contributed by atoms with Gasteiger partial charge in [-0.1, -0.05) is 36.4 Å². The lowest BCUT2D eigenvalue weighted by atomic mass is 9.80. The van der Waals surface area contributed by atoms with E-state index in [4.69, 9.17) is 14.5 Å². The third-order valence-corrected chi connectivity index (χ3v) is 7.82. The number of hydrogen-bond donors (Lipinski definition) is 2. The highest BCUT2D eigenvalue weighted by atomic mass is 32.1. The number of amides is 1. The highest BCUT2D eigenvalue weighted by Gasteiger charge is 2.37. The fourth-order valence-electron chi connectivity index (χ4n) is 4.86. The van der Waals surface area contributed by atoms with Gasteiger partial charge in [0, 0.05) is 36.3 Å². The summed E-state index contributed by atoms with van der Waals surface area (Å²) in [4.78, 5) is 18.1. The number of hydrogen-bond acceptors (Lipinski definition) is 6. The minimum absolute atomic E-state index is 0.0158. The number of fused-ring (bicyclic) bond motifs is 1. The summed E-state index contributed by atoms with van der Waals surface area (Å²) in [5, 5.41) is 13.4.